The molecule has 8 nitrogen and oxygen atoms in total. The second-order valence-electron chi connectivity index (χ2n) is 7.93. The van der Waals surface area contributed by atoms with E-state index < -0.39 is 5.25 Å². The number of hydrogen-bond donors (Lipinski definition) is 2. The summed E-state index contributed by atoms with van der Waals surface area (Å²) in [5.41, 5.74) is 5.26. The molecule has 0 spiro atoms. The highest BCUT2D eigenvalue weighted by Gasteiger charge is 2.38. The molecular formula is C23H24ClN5O3S. The van der Waals surface area contributed by atoms with Crippen LogP contribution in [0, 0.1) is 0 Å². The number of halogens is 1. The van der Waals surface area contributed by atoms with Gasteiger partial charge in [0.15, 0.2) is 5.82 Å². The Labute approximate surface area is 201 Å². The summed E-state index contributed by atoms with van der Waals surface area (Å²) in [5.74, 6) is 1.18. The number of carbonyl (C=O) groups is 1. The molecule has 172 valence electrons. The van der Waals surface area contributed by atoms with Gasteiger partial charge in [-0.05, 0) is 30.5 Å². The first-order valence-corrected chi connectivity index (χ1v) is 12.1. The van der Waals surface area contributed by atoms with Crippen LogP contribution in [0.2, 0.25) is 5.02 Å². The van der Waals surface area contributed by atoms with E-state index in [4.69, 9.17) is 21.1 Å². The summed E-state index contributed by atoms with van der Waals surface area (Å²) < 4.78 is 12.8. The Hall–Kier alpha value is -2.75. The quantitative estimate of drug-likeness (QED) is 0.550. The number of aromatic nitrogens is 3. The lowest BCUT2D eigenvalue weighted by molar-refractivity contribution is -0.121. The zero-order chi connectivity index (χ0) is 22.8. The third-order valence-corrected chi connectivity index (χ3v) is 7.30. The van der Waals surface area contributed by atoms with Crippen molar-refractivity contribution in [1.82, 2.24) is 20.2 Å². The molecule has 3 unspecified atom stereocenters. The minimum Gasteiger partial charge on any atom is -0.495 e. The number of nitrogens with one attached hydrogen (secondary N) is 2. The van der Waals surface area contributed by atoms with Crippen LogP contribution >= 0.6 is 23.4 Å². The van der Waals surface area contributed by atoms with E-state index in [-0.39, 0.29) is 18.1 Å². The first-order valence-electron chi connectivity index (χ1n) is 10.8. The maximum absolute atomic E-state index is 13.3. The van der Waals surface area contributed by atoms with Crippen molar-refractivity contribution in [3.63, 3.8) is 0 Å². The Kier molecular flexibility index (Phi) is 6.43. The Morgan fingerprint density at radius 1 is 1.30 bits per heavy atom. The smallest absolute Gasteiger partial charge is 0.236 e. The van der Waals surface area contributed by atoms with E-state index in [1.54, 1.807) is 7.11 Å². The molecule has 1 amide bonds. The van der Waals surface area contributed by atoms with Crippen molar-refractivity contribution in [1.29, 1.82) is 0 Å². The summed E-state index contributed by atoms with van der Waals surface area (Å²) in [6.45, 7) is 1.24. The van der Waals surface area contributed by atoms with E-state index >= 15 is 0 Å². The number of amides is 1. The van der Waals surface area contributed by atoms with Gasteiger partial charge in [-0.1, -0.05) is 59.8 Å². The highest BCUT2D eigenvalue weighted by Crippen LogP contribution is 2.40. The third-order valence-electron chi connectivity index (χ3n) is 5.79. The van der Waals surface area contributed by atoms with Gasteiger partial charge in [0.05, 0.1) is 24.3 Å². The van der Waals surface area contributed by atoms with Crippen LogP contribution in [-0.2, 0) is 9.53 Å². The number of benzene rings is 2. The molecule has 1 aromatic heterocycles. The van der Waals surface area contributed by atoms with Gasteiger partial charge in [-0.3, -0.25) is 4.79 Å². The van der Waals surface area contributed by atoms with Gasteiger partial charge < -0.3 is 20.2 Å². The van der Waals surface area contributed by atoms with Gasteiger partial charge in [-0.25, -0.2) is 4.68 Å². The SMILES string of the molecule is COc1ccc(C2Nn3c(nnc3-c3ccccc3)SC2C(=O)NCC2CCCO2)cc1Cl. The van der Waals surface area contributed by atoms with Crippen LogP contribution in [0.4, 0.5) is 0 Å². The topological polar surface area (TPSA) is 90.3 Å². The van der Waals surface area contributed by atoms with Gasteiger partial charge in [-0.15, -0.1) is 10.2 Å². The molecule has 3 atom stereocenters. The fourth-order valence-electron chi connectivity index (χ4n) is 4.08. The van der Waals surface area contributed by atoms with Crippen molar-refractivity contribution in [2.45, 2.75) is 35.4 Å². The molecule has 0 radical (unpaired) electrons. The van der Waals surface area contributed by atoms with Crippen LogP contribution in [0.5, 0.6) is 5.75 Å². The standard InChI is InChI=1S/C23H24ClN5O3S/c1-31-18-10-9-15(12-17(18)24)19-20(22(30)25-13-16-8-5-11-32-16)33-23-27-26-21(29(23)28-19)14-6-3-2-4-7-14/h2-4,6-7,9-10,12,16,19-20,28H,5,8,11,13H2,1H3,(H,25,30). The third kappa shape index (κ3) is 4.53. The van der Waals surface area contributed by atoms with Crippen molar-refractivity contribution in [2.75, 3.05) is 25.7 Å². The summed E-state index contributed by atoms with van der Waals surface area (Å²) in [4.78, 5) is 13.3. The Morgan fingerprint density at radius 3 is 2.88 bits per heavy atom. The zero-order valence-corrected chi connectivity index (χ0v) is 19.6. The Morgan fingerprint density at radius 2 is 2.15 bits per heavy atom. The molecule has 2 aromatic carbocycles. The lowest BCUT2D eigenvalue weighted by Crippen LogP contribution is -2.45. The second kappa shape index (κ2) is 9.62. The number of ether oxygens (including phenoxy) is 2. The average Bonchev–Trinajstić information content (AvgIpc) is 3.52. The normalized spacial score (nSPS) is 21.8. The Bertz CT molecular complexity index is 1140. The number of methoxy groups -OCH3 is 1. The molecule has 3 heterocycles. The predicted octanol–water partition coefficient (Wildman–Crippen LogP) is 3.66. The van der Waals surface area contributed by atoms with Gasteiger partial charge in [0.25, 0.3) is 0 Å². The Balaban J connectivity index is 1.47. The van der Waals surface area contributed by atoms with Crippen LogP contribution in [0.15, 0.2) is 53.7 Å². The second-order valence-corrected chi connectivity index (χ2v) is 9.44. The average molecular weight is 486 g/mol. The zero-order valence-electron chi connectivity index (χ0n) is 18.0. The first-order chi connectivity index (χ1) is 16.1. The molecule has 0 bridgehead atoms. The summed E-state index contributed by atoms with van der Waals surface area (Å²) in [6.07, 6.45) is 2.05. The fourth-order valence-corrected chi connectivity index (χ4v) is 5.45. The number of carbonyl (C=O) groups excluding carboxylic acids is 1. The van der Waals surface area contributed by atoms with Gasteiger partial charge in [0.2, 0.25) is 11.1 Å². The van der Waals surface area contributed by atoms with Crippen LogP contribution < -0.4 is 15.5 Å². The monoisotopic (exact) mass is 485 g/mol. The minimum absolute atomic E-state index is 0.0673. The molecule has 0 aliphatic carbocycles. The van der Waals surface area contributed by atoms with E-state index in [0.29, 0.717) is 28.3 Å². The van der Waals surface area contributed by atoms with Crippen LogP contribution in [-0.4, -0.2) is 52.4 Å². The molecule has 0 saturated carbocycles. The number of hydrogen-bond acceptors (Lipinski definition) is 7. The lowest BCUT2D eigenvalue weighted by atomic mass is 10.0. The van der Waals surface area contributed by atoms with Gasteiger partial charge >= 0.3 is 0 Å². The molecule has 33 heavy (non-hydrogen) atoms. The molecule has 10 heteroatoms. The molecule has 1 fully saturated rings. The van der Waals surface area contributed by atoms with E-state index in [1.807, 2.05) is 53.2 Å². The molecule has 2 aliphatic heterocycles. The van der Waals surface area contributed by atoms with Crippen molar-refractivity contribution in [3.05, 3.63) is 59.1 Å². The van der Waals surface area contributed by atoms with E-state index in [0.717, 1.165) is 30.6 Å². The lowest BCUT2D eigenvalue weighted by Gasteiger charge is -2.33. The van der Waals surface area contributed by atoms with Gasteiger partial charge in [0, 0.05) is 18.7 Å². The molecular weight excluding hydrogens is 462 g/mol. The maximum atomic E-state index is 13.3. The first kappa shape index (κ1) is 22.1. The molecule has 3 aromatic rings. The summed E-state index contributed by atoms with van der Waals surface area (Å²) >= 11 is 7.80. The number of nitrogens with zero attached hydrogens (tertiary/aromatic N) is 3. The molecule has 2 aliphatic rings. The molecule has 1 saturated heterocycles. The van der Waals surface area contributed by atoms with E-state index in [2.05, 4.69) is 20.9 Å². The van der Waals surface area contributed by atoms with Crippen LogP contribution in [0.1, 0.15) is 24.4 Å². The molecule has 2 N–H and O–H groups in total. The van der Waals surface area contributed by atoms with Crippen LogP contribution in [0.25, 0.3) is 11.4 Å². The van der Waals surface area contributed by atoms with Gasteiger partial charge in [0.1, 0.15) is 11.0 Å². The number of thioether (sulfide) groups is 1. The van der Waals surface area contributed by atoms with Gasteiger partial charge in [-0.2, -0.15) is 0 Å². The van der Waals surface area contributed by atoms with Crippen molar-refractivity contribution >= 4 is 29.3 Å². The van der Waals surface area contributed by atoms with Crippen LogP contribution in [0.3, 0.4) is 0 Å². The summed E-state index contributed by atoms with van der Waals surface area (Å²) in [7, 11) is 1.58. The maximum Gasteiger partial charge on any atom is 0.236 e. The van der Waals surface area contributed by atoms with Crippen molar-refractivity contribution < 1.29 is 14.3 Å². The van der Waals surface area contributed by atoms with Crippen molar-refractivity contribution in [3.8, 4) is 17.1 Å². The van der Waals surface area contributed by atoms with Crippen molar-refractivity contribution in [2.24, 2.45) is 0 Å². The predicted molar refractivity (Wildman–Crippen MR) is 127 cm³/mol. The number of fused-ring (bicyclic) bond motifs is 1. The minimum atomic E-state index is -0.476. The van der Waals surface area contributed by atoms with E-state index in [9.17, 15) is 4.79 Å². The fraction of sp³-hybridized carbons (Fsp3) is 0.348. The summed E-state index contributed by atoms with van der Waals surface area (Å²) in [5, 5.41) is 12.4. The summed E-state index contributed by atoms with van der Waals surface area (Å²) in [6, 6.07) is 15.0. The molecule has 5 rings (SSSR count). The van der Waals surface area contributed by atoms with E-state index in [1.165, 1.54) is 11.8 Å². The number of rotatable bonds is 6. The highest BCUT2D eigenvalue weighted by atomic mass is 35.5. The largest absolute Gasteiger partial charge is 0.495 e. The highest BCUT2D eigenvalue weighted by molar-refractivity contribution is 8.00.